The maximum absolute atomic E-state index is 11.8. The number of carbonyl (C=O) groups is 1. The van der Waals surface area contributed by atoms with Gasteiger partial charge in [0, 0.05) is 17.6 Å². The molecule has 1 aromatic carbocycles. The molecular weight excluding hydrogens is 340 g/mol. The molecule has 116 valence electrons. The first-order chi connectivity index (χ1) is 10.7. The van der Waals surface area contributed by atoms with Crippen LogP contribution in [0.2, 0.25) is 5.02 Å². The first-order valence-electron chi connectivity index (χ1n) is 6.93. The lowest BCUT2D eigenvalue weighted by Crippen LogP contribution is -2.24. The van der Waals surface area contributed by atoms with Gasteiger partial charge in [-0.15, -0.1) is 10.2 Å². The highest BCUT2D eigenvalue weighted by atomic mass is 35.5. The average molecular weight is 355 g/mol. The fraction of sp³-hybridized carbons (Fsp3) is 0.357. The van der Waals surface area contributed by atoms with Crippen molar-refractivity contribution in [3.8, 4) is 0 Å². The molecule has 0 spiro atoms. The van der Waals surface area contributed by atoms with Crippen LogP contribution in [-0.4, -0.2) is 27.9 Å². The van der Waals surface area contributed by atoms with E-state index >= 15 is 0 Å². The third kappa shape index (κ3) is 4.86. The maximum Gasteiger partial charge on any atom is 0.230 e. The van der Waals surface area contributed by atoms with Crippen LogP contribution in [0.3, 0.4) is 0 Å². The van der Waals surface area contributed by atoms with Crippen LogP contribution in [0.4, 0.5) is 5.13 Å². The fourth-order valence-corrected chi connectivity index (χ4v) is 3.49. The van der Waals surface area contributed by atoms with E-state index in [1.807, 2.05) is 24.3 Å². The van der Waals surface area contributed by atoms with Crippen LogP contribution in [0.15, 0.2) is 28.6 Å². The Morgan fingerprint density at radius 3 is 2.82 bits per heavy atom. The smallest absolute Gasteiger partial charge is 0.230 e. The van der Waals surface area contributed by atoms with Crippen molar-refractivity contribution in [1.29, 1.82) is 0 Å². The Morgan fingerprint density at radius 2 is 2.09 bits per heavy atom. The standard InChI is InChI=1S/C14H15ClN4OS2/c15-10-3-1-9(2-4-10)7-16-12(20)8-21-14-19-18-13(22-14)17-11-5-6-11/h1-4,11H,5-8H2,(H,16,20)(H,17,18). The van der Waals surface area contributed by atoms with Crippen LogP contribution >= 0.6 is 34.7 Å². The van der Waals surface area contributed by atoms with Gasteiger partial charge >= 0.3 is 0 Å². The van der Waals surface area contributed by atoms with Crippen molar-refractivity contribution in [2.45, 2.75) is 29.8 Å². The summed E-state index contributed by atoms with van der Waals surface area (Å²) in [5.41, 5.74) is 1.02. The zero-order chi connectivity index (χ0) is 15.4. The van der Waals surface area contributed by atoms with Gasteiger partial charge in [0.15, 0.2) is 4.34 Å². The molecule has 1 aliphatic carbocycles. The zero-order valence-electron chi connectivity index (χ0n) is 11.7. The average Bonchev–Trinajstić information content (AvgIpc) is 3.21. The van der Waals surface area contributed by atoms with Crippen LogP contribution in [-0.2, 0) is 11.3 Å². The molecule has 1 heterocycles. The topological polar surface area (TPSA) is 66.9 Å². The minimum Gasteiger partial charge on any atom is -0.357 e. The van der Waals surface area contributed by atoms with Crippen LogP contribution < -0.4 is 10.6 Å². The number of thioether (sulfide) groups is 1. The van der Waals surface area contributed by atoms with Crippen molar-refractivity contribution in [3.05, 3.63) is 34.9 Å². The number of hydrogen-bond acceptors (Lipinski definition) is 6. The number of amides is 1. The van der Waals surface area contributed by atoms with Gasteiger partial charge in [0.1, 0.15) is 0 Å². The Hall–Kier alpha value is -1.31. The molecule has 5 nitrogen and oxygen atoms in total. The second kappa shape index (κ2) is 7.30. The quantitative estimate of drug-likeness (QED) is 0.747. The molecular formula is C14H15ClN4OS2. The van der Waals surface area contributed by atoms with Gasteiger partial charge in [-0.3, -0.25) is 4.79 Å². The van der Waals surface area contributed by atoms with Crippen LogP contribution in [0.5, 0.6) is 0 Å². The minimum atomic E-state index is -0.0214. The van der Waals surface area contributed by atoms with E-state index in [0.29, 0.717) is 23.4 Å². The second-order valence-electron chi connectivity index (χ2n) is 4.98. The fourth-order valence-electron chi connectivity index (χ4n) is 1.71. The van der Waals surface area contributed by atoms with Gasteiger partial charge in [0.05, 0.1) is 5.75 Å². The number of carbonyl (C=O) groups excluding carboxylic acids is 1. The van der Waals surface area contributed by atoms with Gasteiger partial charge in [-0.2, -0.15) is 0 Å². The van der Waals surface area contributed by atoms with E-state index in [2.05, 4.69) is 20.8 Å². The summed E-state index contributed by atoms with van der Waals surface area (Å²) in [5.74, 6) is 0.318. The Kier molecular flexibility index (Phi) is 5.17. The highest BCUT2D eigenvalue weighted by molar-refractivity contribution is 8.01. The summed E-state index contributed by atoms with van der Waals surface area (Å²) in [7, 11) is 0. The molecule has 3 rings (SSSR count). The Labute approximate surface area is 141 Å². The summed E-state index contributed by atoms with van der Waals surface area (Å²) < 4.78 is 0.810. The lowest BCUT2D eigenvalue weighted by atomic mass is 10.2. The molecule has 22 heavy (non-hydrogen) atoms. The monoisotopic (exact) mass is 354 g/mol. The van der Waals surface area contributed by atoms with E-state index in [0.717, 1.165) is 15.0 Å². The van der Waals surface area contributed by atoms with Gasteiger partial charge in [0.25, 0.3) is 0 Å². The van der Waals surface area contributed by atoms with Crippen molar-refractivity contribution in [3.63, 3.8) is 0 Å². The largest absolute Gasteiger partial charge is 0.357 e. The predicted molar refractivity (Wildman–Crippen MR) is 90.6 cm³/mol. The molecule has 0 unspecified atom stereocenters. The number of hydrogen-bond donors (Lipinski definition) is 2. The summed E-state index contributed by atoms with van der Waals surface area (Å²) in [5, 5.41) is 15.8. The Balaban J connectivity index is 1.39. The normalized spacial score (nSPS) is 13.9. The highest BCUT2D eigenvalue weighted by Crippen LogP contribution is 2.30. The van der Waals surface area contributed by atoms with E-state index in [1.165, 1.54) is 35.9 Å². The molecule has 0 radical (unpaired) electrons. The van der Waals surface area contributed by atoms with E-state index in [1.54, 1.807) is 0 Å². The summed E-state index contributed by atoms with van der Waals surface area (Å²) in [6.07, 6.45) is 2.41. The molecule has 1 aliphatic rings. The zero-order valence-corrected chi connectivity index (χ0v) is 14.1. The molecule has 1 aromatic heterocycles. The number of aromatic nitrogens is 2. The first-order valence-corrected chi connectivity index (χ1v) is 9.11. The summed E-state index contributed by atoms with van der Waals surface area (Å²) in [6.45, 7) is 0.501. The van der Waals surface area contributed by atoms with Gasteiger partial charge < -0.3 is 10.6 Å². The van der Waals surface area contributed by atoms with Crippen LogP contribution in [0.25, 0.3) is 0 Å². The van der Waals surface area contributed by atoms with E-state index in [-0.39, 0.29) is 5.91 Å². The number of halogens is 1. The number of anilines is 1. The van der Waals surface area contributed by atoms with E-state index in [9.17, 15) is 4.79 Å². The highest BCUT2D eigenvalue weighted by Gasteiger charge is 2.22. The van der Waals surface area contributed by atoms with Crippen LogP contribution in [0, 0.1) is 0 Å². The molecule has 0 atom stereocenters. The van der Waals surface area contributed by atoms with E-state index < -0.39 is 0 Å². The number of benzene rings is 1. The molecule has 2 N–H and O–H groups in total. The molecule has 8 heteroatoms. The number of rotatable bonds is 7. The lowest BCUT2D eigenvalue weighted by molar-refractivity contribution is -0.118. The lowest BCUT2D eigenvalue weighted by Gasteiger charge is -2.04. The Bertz CT molecular complexity index is 643. The summed E-state index contributed by atoms with van der Waals surface area (Å²) in [6, 6.07) is 7.99. The van der Waals surface area contributed by atoms with Crippen molar-refractivity contribution in [1.82, 2.24) is 15.5 Å². The number of nitrogens with zero attached hydrogens (tertiary/aromatic N) is 2. The van der Waals surface area contributed by atoms with Gasteiger partial charge in [-0.25, -0.2) is 0 Å². The molecule has 1 amide bonds. The van der Waals surface area contributed by atoms with E-state index in [4.69, 9.17) is 11.6 Å². The molecule has 2 aromatic rings. The second-order valence-corrected chi connectivity index (χ2v) is 7.62. The maximum atomic E-state index is 11.8. The predicted octanol–water partition coefficient (Wildman–Crippen LogP) is 3.17. The van der Waals surface area contributed by atoms with Crippen molar-refractivity contribution in [2.75, 3.05) is 11.1 Å². The molecule has 1 fully saturated rings. The van der Waals surface area contributed by atoms with Crippen LogP contribution in [0.1, 0.15) is 18.4 Å². The molecule has 0 bridgehead atoms. The first kappa shape index (κ1) is 15.6. The molecule has 0 aliphatic heterocycles. The van der Waals surface area contributed by atoms with Gasteiger partial charge in [-0.05, 0) is 30.5 Å². The number of nitrogens with one attached hydrogen (secondary N) is 2. The van der Waals surface area contributed by atoms with Crippen molar-refractivity contribution < 1.29 is 4.79 Å². The third-order valence-corrected chi connectivity index (χ3v) is 5.28. The van der Waals surface area contributed by atoms with Gasteiger partial charge in [0.2, 0.25) is 11.0 Å². The SMILES string of the molecule is O=C(CSc1nnc(NC2CC2)s1)NCc1ccc(Cl)cc1. The van der Waals surface area contributed by atoms with Crippen molar-refractivity contribution in [2.24, 2.45) is 0 Å². The summed E-state index contributed by atoms with van der Waals surface area (Å²) in [4.78, 5) is 11.8. The minimum absolute atomic E-state index is 0.0214. The third-order valence-electron chi connectivity index (χ3n) is 3.04. The van der Waals surface area contributed by atoms with Crippen molar-refractivity contribution >= 4 is 45.7 Å². The molecule has 0 saturated heterocycles. The molecule has 1 saturated carbocycles. The van der Waals surface area contributed by atoms with Gasteiger partial charge in [-0.1, -0.05) is 46.8 Å². The Morgan fingerprint density at radius 1 is 1.32 bits per heavy atom. The summed E-state index contributed by atoms with van der Waals surface area (Å²) >= 11 is 8.72.